The fourth-order valence-corrected chi connectivity index (χ4v) is 5.09. The Morgan fingerprint density at radius 3 is 2.57 bits per heavy atom. The van der Waals surface area contributed by atoms with Crippen molar-refractivity contribution in [3.8, 4) is 11.8 Å². The van der Waals surface area contributed by atoms with E-state index in [0.717, 1.165) is 52.9 Å². The maximum absolute atomic E-state index is 13.9. The highest BCUT2D eigenvalue weighted by atomic mass is 16.2. The van der Waals surface area contributed by atoms with E-state index in [1.807, 2.05) is 37.5 Å². The normalized spacial score (nSPS) is 15.8. The van der Waals surface area contributed by atoms with Crippen molar-refractivity contribution in [1.82, 2.24) is 28.7 Å². The smallest absolute Gasteiger partial charge is 0.332 e. The lowest BCUT2D eigenvalue weighted by Crippen LogP contribution is -2.44. The molecule has 1 aromatic carbocycles. The third-order valence-corrected chi connectivity index (χ3v) is 7.14. The van der Waals surface area contributed by atoms with Crippen LogP contribution in [-0.2, 0) is 20.1 Å². The number of rotatable bonds is 4. The van der Waals surface area contributed by atoms with Crippen molar-refractivity contribution < 1.29 is 0 Å². The minimum absolute atomic E-state index is 0.0337. The summed E-state index contributed by atoms with van der Waals surface area (Å²) in [4.78, 5) is 43.5. The second kappa shape index (κ2) is 9.48. The molecule has 1 fully saturated rings. The van der Waals surface area contributed by atoms with E-state index in [0.29, 0.717) is 30.2 Å². The number of aryl methyl sites for hydroxylation is 4. The van der Waals surface area contributed by atoms with E-state index in [2.05, 4.69) is 26.7 Å². The van der Waals surface area contributed by atoms with Gasteiger partial charge in [0.05, 0.1) is 35.5 Å². The highest BCUT2D eigenvalue weighted by Gasteiger charge is 2.26. The van der Waals surface area contributed by atoms with E-state index >= 15 is 0 Å². The van der Waals surface area contributed by atoms with Gasteiger partial charge in [0, 0.05) is 26.2 Å². The van der Waals surface area contributed by atoms with Crippen LogP contribution in [0.2, 0.25) is 0 Å². The summed E-state index contributed by atoms with van der Waals surface area (Å²) in [6, 6.07) is 3.90. The van der Waals surface area contributed by atoms with Crippen molar-refractivity contribution in [3.63, 3.8) is 0 Å². The summed E-state index contributed by atoms with van der Waals surface area (Å²) >= 11 is 0. The molecule has 0 amide bonds. The van der Waals surface area contributed by atoms with Gasteiger partial charge in [-0.1, -0.05) is 12.0 Å². The van der Waals surface area contributed by atoms with E-state index in [-0.39, 0.29) is 18.1 Å². The van der Waals surface area contributed by atoms with Gasteiger partial charge < -0.3 is 10.6 Å². The van der Waals surface area contributed by atoms with Crippen molar-refractivity contribution in [2.24, 2.45) is 12.8 Å². The monoisotopic (exact) mass is 500 g/mol. The molecule has 2 N–H and O–H groups in total. The van der Waals surface area contributed by atoms with Gasteiger partial charge in [0.2, 0.25) is 5.95 Å². The first-order valence-electron chi connectivity index (χ1n) is 12.5. The molecule has 4 heterocycles. The van der Waals surface area contributed by atoms with E-state index in [1.165, 1.54) is 9.13 Å². The van der Waals surface area contributed by atoms with Gasteiger partial charge in [0.15, 0.2) is 11.2 Å². The number of fused-ring (bicyclic) bond motifs is 2. The van der Waals surface area contributed by atoms with Crippen LogP contribution in [0, 0.1) is 32.6 Å². The molecule has 0 bridgehead atoms. The van der Waals surface area contributed by atoms with Gasteiger partial charge >= 0.3 is 5.69 Å². The summed E-state index contributed by atoms with van der Waals surface area (Å²) in [5, 5.41) is 0. The van der Waals surface area contributed by atoms with Gasteiger partial charge in [0.1, 0.15) is 0 Å². The number of hydrogen-bond acceptors (Lipinski definition) is 7. The van der Waals surface area contributed by atoms with Crippen molar-refractivity contribution in [3.05, 3.63) is 55.5 Å². The first kappa shape index (κ1) is 24.7. The maximum atomic E-state index is 13.9. The van der Waals surface area contributed by atoms with E-state index in [9.17, 15) is 9.59 Å². The molecule has 5 rings (SSSR count). The molecule has 0 radical (unpaired) electrons. The van der Waals surface area contributed by atoms with Gasteiger partial charge in [0.25, 0.3) is 5.56 Å². The van der Waals surface area contributed by atoms with Crippen LogP contribution < -0.4 is 21.9 Å². The Balaban J connectivity index is 1.68. The molecule has 1 aliphatic rings. The predicted molar refractivity (Wildman–Crippen MR) is 145 cm³/mol. The average molecular weight is 501 g/mol. The zero-order valence-corrected chi connectivity index (χ0v) is 22.0. The molecule has 10 nitrogen and oxygen atoms in total. The van der Waals surface area contributed by atoms with Crippen molar-refractivity contribution in [2.75, 3.05) is 18.0 Å². The van der Waals surface area contributed by atoms with Crippen molar-refractivity contribution in [2.45, 2.75) is 59.7 Å². The van der Waals surface area contributed by atoms with Gasteiger partial charge in [-0.3, -0.25) is 18.5 Å². The summed E-state index contributed by atoms with van der Waals surface area (Å²) in [6.07, 6.45) is 1.89. The fraction of sp³-hybridized carbons (Fsp3) is 0.444. The Hall–Kier alpha value is -3.97. The Bertz CT molecular complexity index is 1720. The number of imidazole rings is 1. The van der Waals surface area contributed by atoms with Crippen LogP contribution in [0.1, 0.15) is 42.3 Å². The summed E-state index contributed by atoms with van der Waals surface area (Å²) in [5.74, 6) is 6.60. The third kappa shape index (κ3) is 4.29. The van der Waals surface area contributed by atoms with Gasteiger partial charge in [-0.05, 0) is 57.7 Å². The molecule has 3 aromatic heterocycles. The molecule has 0 saturated carbocycles. The number of hydrogen-bond donors (Lipinski definition) is 1. The lowest BCUT2D eigenvalue weighted by molar-refractivity contribution is 0.496. The van der Waals surface area contributed by atoms with Crippen LogP contribution >= 0.6 is 0 Å². The summed E-state index contributed by atoms with van der Waals surface area (Å²) < 4.78 is 4.54. The fourth-order valence-electron chi connectivity index (χ4n) is 5.09. The van der Waals surface area contributed by atoms with E-state index in [1.54, 1.807) is 14.0 Å². The second-order valence-corrected chi connectivity index (χ2v) is 9.85. The van der Waals surface area contributed by atoms with Crippen LogP contribution in [0.15, 0.2) is 21.7 Å². The van der Waals surface area contributed by atoms with Crippen LogP contribution in [0.3, 0.4) is 0 Å². The van der Waals surface area contributed by atoms with Crippen molar-refractivity contribution in [1.29, 1.82) is 0 Å². The number of anilines is 1. The predicted octanol–water partition coefficient (Wildman–Crippen LogP) is 1.76. The zero-order chi connectivity index (χ0) is 26.4. The van der Waals surface area contributed by atoms with Crippen LogP contribution in [0.5, 0.6) is 0 Å². The van der Waals surface area contributed by atoms with Gasteiger partial charge in [-0.25, -0.2) is 14.8 Å². The third-order valence-electron chi connectivity index (χ3n) is 7.14. The lowest BCUT2D eigenvalue weighted by Gasteiger charge is -2.31. The van der Waals surface area contributed by atoms with E-state index in [4.69, 9.17) is 10.7 Å². The first-order chi connectivity index (χ1) is 17.7. The minimum Gasteiger partial charge on any atom is -0.341 e. The van der Waals surface area contributed by atoms with Crippen LogP contribution in [-0.4, -0.2) is 47.8 Å². The minimum atomic E-state index is -0.422. The van der Waals surface area contributed by atoms with Crippen LogP contribution in [0.25, 0.3) is 22.2 Å². The Labute approximate surface area is 214 Å². The molecule has 0 spiro atoms. The quantitative estimate of drug-likeness (QED) is 0.425. The van der Waals surface area contributed by atoms with Crippen LogP contribution in [0.4, 0.5) is 5.95 Å². The van der Waals surface area contributed by atoms with Crippen molar-refractivity contribution >= 4 is 28.1 Å². The lowest BCUT2D eigenvalue weighted by atomic mass is 10.1. The molecule has 4 aromatic rings. The first-order valence-corrected chi connectivity index (χ1v) is 12.5. The highest BCUT2D eigenvalue weighted by molar-refractivity contribution is 5.79. The number of nitrogens with zero attached hydrogens (tertiary/aromatic N) is 7. The summed E-state index contributed by atoms with van der Waals surface area (Å²) in [5.41, 5.74) is 11.2. The second-order valence-electron chi connectivity index (χ2n) is 9.85. The topological polar surface area (TPSA) is 117 Å². The zero-order valence-electron chi connectivity index (χ0n) is 22.0. The Morgan fingerprint density at radius 2 is 1.84 bits per heavy atom. The molecular formula is C27H32N8O2. The average Bonchev–Trinajstić information content (AvgIpc) is 3.25. The molecule has 1 aliphatic heterocycles. The summed E-state index contributed by atoms with van der Waals surface area (Å²) in [7, 11) is 1.65. The molecule has 192 valence electrons. The standard InChI is InChI=1S/C27H32N8O2/c1-6-7-11-34-23-24(31-26(34)33-10-8-9-20(28)15-33)32(5)27(37)35(25(23)36)14-19-12-16(2)22-21(13-19)29-17(3)18(4)30-22/h12-13,20H,8-11,14-15,28H2,1-5H3/t20-/m1/s1. The SMILES string of the molecule is CC#CCn1c(N2CCC[C@@H](N)C2)nc2c1c(=O)n(Cc1cc(C)c3nc(C)c(C)nc3c1)c(=O)n2C. The molecule has 10 heteroatoms. The molecule has 1 atom stereocenters. The number of benzene rings is 1. The molecule has 37 heavy (non-hydrogen) atoms. The summed E-state index contributed by atoms with van der Waals surface area (Å²) in [6.45, 7) is 9.42. The van der Waals surface area contributed by atoms with Gasteiger partial charge in [-0.2, -0.15) is 4.98 Å². The largest absolute Gasteiger partial charge is 0.341 e. The number of piperidine rings is 1. The van der Waals surface area contributed by atoms with Gasteiger partial charge in [-0.15, -0.1) is 5.92 Å². The Morgan fingerprint density at radius 1 is 1.08 bits per heavy atom. The molecule has 1 saturated heterocycles. The maximum Gasteiger partial charge on any atom is 0.332 e. The Kier molecular flexibility index (Phi) is 6.33. The highest BCUT2D eigenvalue weighted by Crippen LogP contribution is 2.23. The molecule has 0 aliphatic carbocycles. The number of nitrogens with two attached hydrogens (primary N) is 1. The van der Waals surface area contributed by atoms with E-state index < -0.39 is 5.69 Å². The molecule has 0 unspecified atom stereocenters. The number of aromatic nitrogens is 6. The molecular weight excluding hydrogens is 468 g/mol.